The van der Waals surface area contributed by atoms with Crippen molar-refractivity contribution in [3.8, 4) is 0 Å². The van der Waals surface area contributed by atoms with Gasteiger partial charge in [0, 0.05) is 30.4 Å². The maximum Gasteiger partial charge on any atom is 0.332 e. The van der Waals surface area contributed by atoms with Crippen molar-refractivity contribution in [2.45, 2.75) is 12.3 Å². The minimum Gasteiger partial charge on any atom is -0.338 e. The Morgan fingerprint density at radius 3 is 2.61 bits per heavy atom. The molecule has 0 saturated heterocycles. The van der Waals surface area contributed by atoms with Crippen molar-refractivity contribution >= 4 is 34.9 Å². The smallest absolute Gasteiger partial charge is 0.332 e. The molecule has 0 saturated carbocycles. The minimum absolute atomic E-state index is 0.120. The summed E-state index contributed by atoms with van der Waals surface area (Å²) >= 11 is 6.24. The molecule has 1 spiro atoms. The Kier molecular flexibility index (Phi) is 3.08. The summed E-state index contributed by atoms with van der Waals surface area (Å²) in [6.45, 7) is 1.69. The molecule has 0 fully saturated rings. The van der Waals surface area contributed by atoms with Crippen molar-refractivity contribution in [1.29, 1.82) is 0 Å². The number of aryl methyl sites for hydroxylation is 1. The standard InChI is InChI=1S/C18H14ClN5O4/c1-7-11-14(28-22-7)21-13-12(15(25)24(3)17(27)23(13)2)18(11)9-6-8(19)4-5-10(9)20-16(18)26/h4-6,21H,1-3H3,(H,20,26). The third kappa shape index (κ3) is 1.72. The second-order valence-corrected chi connectivity index (χ2v) is 7.36. The van der Waals surface area contributed by atoms with Crippen LogP contribution in [-0.4, -0.2) is 20.2 Å². The summed E-state index contributed by atoms with van der Waals surface area (Å²) in [5, 5.41) is 10.2. The average molecular weight is 400 g/mol. The Bertz CT molecular complexity index is 1330. The fourth-order valence-corrected chi connectivity index (χ4v) is 4.40. The molecule has 10 heteroatoms. The Morgan fingerprint density at radius 1 is 1.11 bits per heavy atom. The van der Waals surface area contributed by atoms with Crippen molar-refractivity contribution in [3.63, 3.8) is 0 Å². The van der Waals surface area contributed by atoms with Crippen LogP contribution in [0.3, 0.4) is 0 Å². The molecule has 2 aromatic heterocycles. The molecular weight excluding hydrogens is 386 g/mol. The predicted molar refractivity (Wildman–Crippen MR) is 101 cm³/mol. The molecule has 2 aliphatic heterocycles. The van der Waals surface area contributed by atoms with Crippen molar-refractivity contribution in [3.05, 3.63) is 66.4 Å². The molecule has 2 N–H and O–H groups in total. The van der Waals surface area contributed by atoms with Gasteiger partial charge in [-0.15, -0.1) is 0 Å². The second kappa shape index (κ2) is 5.14. The molecule has 2 aliphatic rings. The number of amides is 1. The molecule has 1 atom stereocenters. The zero-order chi connectivity index (χ0) is 20.0. The average Bonchev–Trinajstić information content (AvgIpc) is 3.17. The third-order valence-electron chi connectivity index (χ3n) is 5.48. The maximum atomic E-state index is 13.5. The summed E-state index contributed by atoms with van der Waals surface area (Å²) in [6.07, 6.45) is 0. The van der Waals surface area contributed by atoms with Crippen LogP contribution in [0.4, 0.5) is 17.4 Å². The molecule has 4 heterocycles. The van der Waals surface area contributed by atoms with E-state index in [1.807, 2.05) is 0 Å². The molecule has 28 heavy (non-hydrogen) atoms. The number of fused-ring (bicyclic) bond motifs is 6. The van der Waals surface area contributed by atoms with E-state index in [9.17, 15) is 14.4 Å². The highest BCUT2D eigenvalue weighted by molar-refractivity contribution is 6.31. The summed E-state index contributed by atoms with van der Waals surface area (Å²) in [7, 11) is 2.89. The summed E-state index contributed by atoms with van der Waals surface area (Å²) < 4.78 is 7.64. The van der Waals surface area contributed by atoms with Crippen LogP contribution in [-0.2, 0) is 24.3 Å². The number of nitrogens with one attached hydrogen (secondary N) is 2. The number of carbonyl (C=O) groups excluding carboxylic acids is 1. The van der Waals surface area contributed by atoms with E-state index in [0.717, 1.165) is 4.57 Å². The predicted octanol–water partition coefficient (Wildman–Crippen LogP) is 1.38. The lowest BCUT2D eigenvalue weighted by Crippen LogP contribution is -2.50. The monoisotopic (exact) mass is 399 g/mol. The van der Waals surface area contributed by atoms with Crippen molar-refractivity contribution in [2.24, 2.45) is 14.1 Å². The van der Waals surface area contributed by atoms with Gasteiger partial charge in [0.25, 0.3) is 5.56 Å². The molecule has 0 radical (unpaired) electrons. The fourth-order valence-electron chi connectivity index (χ4n) is 4.23. The van der Waals surface area contributed by atoms with E-state index < -0.39 is 22.6 Å². The normalized spacial score (nSPS) is 19.1. The molecule has 5 rings (SSSR count). The van der Waals surface area contributed by atoms with Gasteiger partial charge in [0.05, 0.1) is 16.8 Å². The summed E-state index contributed by atoms with van der Waals surface area (Å²) in [5.74, 6) is -0.0493. The van der Waals surface area contributed by atoms with Gasteiger partial charge in [-0.3, -0.25) is 18.7 Å². The lowest BCUT2D eigenvalue weighted by molar-refractivity contribution is -0.118. The Balaban J connectivity index is 2.06. The number of carbonyl (C=O) groups is 1. The van der Waals surface area contributed by atoms with Gasteiger partial charge < -0.3 is 15.2 Å². The topological polar surface area (TPSA) is 111 Å². The van der Waals surface area contributed by atoms with Gasteiger partial charge in [-0.2, -0.15) is 0 Å². The maximum absolute atomic E-state index is 13.5. The van der Waals surface area contributed by atoms with E-state index in [0.29, 0.717) is 27.5 Å². The SMILES string of the molecule is Cc1noc2c1C1(C(=O)Nc3ccc(Cl)cc31)c1c(n(C)c(=O)n(C)c1=O)N2. The van der Waals surface area contributed by atoms with Gasteiger partial charge in [-0.05, 0) is 25.1 Å². The number of rotatable bonds is 0. The van der Waals surface area contributed by atoms with E-state index in [2.05, 4.69) is 15.8 Å². The molecule has 9 nitrogen and oxygen atoms in total. The highest BCUT2D eigenvalue weighted by atomic mass is 35.5. The van der Waals surface area contributed by atoms with E-state index in [4.69, 9.17) is 16.1 Å². The molecule has 0 aliphatic carbocycles. The van der Waals surface area contributed by atoms with Crippen LogP contribution in [0.5, 0.6) is 0 Å². The number of nitrogens with zero attached hydrogens (tertiary/aromatic N) is 3. The highest BCUT2D eigenvalue weighted by Gasteiger charge is 2.58. The molecular formula is C18H14ClN5O4. The number of aromatic nitrogens is 3. The van der Waals surface area contributed by atoms with Crippen LogP contribution < -0.4 is 21.9 Å². The van der Waals surface area contributed by atoms with E-state index in [1.165, 1.54) is 18.7 Å². The zero-order valence-corrected chi connectivity index (χ0v) is 15.8. The number of hydrogen-bond donors (Lipinski definition) is 2. The second-order valence-electron chi connectivity index (χ2n) is 6.92. The molecule has 3 aromatic rings. The van der Waals surface area contributed by atoms with Crippen molar-refractivity contribution < 1.29 is 9.32 Å². The van der Waals surface area contributed by atoms with Crippen LogP contribution >= 0.6 is 11.6 Å². The van der Waals surface area contributed by atoms with Gasteiger partial charge >= 0.3 is 5.69 Å². The number of anilines is 3. The van der Waals surface area contributed by atoms with Crippen molar-refractivity contribution in [1.82, 2.24) is 14.3 Å². The molecule has 0 bridgehead atoms. The summed E-state index contributed by atoms with van der Waals surface area (Å²) in [4.78, 5) is 39.2. The van der Waals surface area contributed by atoms with Crippen LogP contribution in [0, 0.1) is 6.92 Å². The highest BCUT2D eigenvalue weighted by Crippen LogP contribution is 2.54. The Hall–Kier alpha value is -3.33. The number of benzene rings is 1. The lowest BCUT2D eigenvalue weighted by Gasteiger charge is -2.34. The first-order valence-corrected chi connectivity index (χ1v) is 8.82. The molecule has 1 amide bonds. The van der Waals surface area contributed by atoms with E-state index in [1.54, 1.807) is 25.1 Å². The first kappa shape index (κ1) is 16.8. The van der Waals surface area contributed by atoms with Crippen LogP contribution in [0.1, 0.15) is 22.4 Å². The van der Waals surface area contributed by atoms with Gasteiger partial charge in [-0.1, -0.05) is 16.8 Å². The molecule has 142 valence electrons. The van der Waals surface area contributed by atoms with Gasteiger partial charge in [0.2, 0.25) is 11.8 Å². The summed E-state index contributed by atoms with van der Waals surface area (Å²) in [5.41, 5.74) is -0.618. The van der Waals surface area contributed by atoms with E-state index in [-0.39, 0.29) is 17.3 Å². The first-order chi connectivity index (χ1) is 13.3. The van der Waals surface area contributed by atoms with Crippen molar-refractivity contribution in [2.75, 3.05) is 10.6 Å². The number of halogens is 1. The Morgan fingerprint density at radius 2 is 1.86 bits per heavy atom. The van der Waals surface area contributed by atoms with Crippen LogP contribution in [0.2, 0.25) is 5.02 Å². The third-order valence-corrected chi connectivity index (χ3v) is 5.72. The van der Waals surface area contributed by atoms with Gasteiger partial charge in [0.15, 0.2) is 0 Å². The van der Waals surface area contributed by atoms with E-state index >= 15 is 0 Å². The zero-order valence-electron chi connectivity index (χ0n) is 15.1. The largest absolute Gasteiger partial charge is 0.338 e. The van der Waals surface area contributed by atoms with Gasteiger partial charge in [-0.25, -0.2) is 4.79 Å². The molecule has 1 aromatic carbocycles. The lowest BCUT2D eigenvalue weighted by atomic mass is 9.69. The molecule has 1 unspecified atom stereocenters. The Labute approximate surface area is 162 Å². The summed E-state index contributed by atoms with van der Waals surface area (Å²) in [6, 6.07) is 4.98. The first-order valence-electron chi connectivity index (χ1n) is 8.44. The van der Waals surface area contributed by atoms with Crippen LogP contribution in [0.15, 0.2) is 32.3 Å². The fraction of sp³-hybridized carbons (Fsp3) is 0.222. The van der Waals surface area contributed by atoms with Crippen LogP contribution in [0.25, 0.3) is 0 Å². The quantitative estimate of drug-likeness (QED) is 0.590. The van der Waals surface area contributed by atoms with Gasteiger partial charge in [0.1, 0.15) is 11.2 Å². The minimum atomic E-state index is -1.54. The number of hydrogen-bond acceptors (Lipinski definition) is 6.